The van der Waals surface area contributed by atoms with E-state index < -0.39 is 10.9 Å². The summed E-state index contributed by atoms with van der Waals surface area (Å²) in [5, 5.41) is 21.1. The summed E-state index contributed by atoms with van der Waals surface area (Å²) >= 11 is 5.98. The summed E-state index contributed by atoms with van der Waals surface area (Å²) in [6.45, 7) is 5.91. The Labute approximate surface area is 238 Å². The number of carbonyl (C=O) groups excluding carboxylic acids is 2. The number of benzene rings is 3. The van der Waals surface area contributed by atoms with Gasteiger partial charge in [0, 0.05) is 53.8 Å². The summed E-state index contributed by atoms with van der Waals surface area (Å²) in [5.74, 6) is -1.52. The highest BCUT2D eigenvalue weighted by Gasteiger charge is 2.23. The Kier molecular flexibility index (Phi) is 10.4. The first kappa shape index (κ1) is 30.3. The zero-order valence-electron chi connectivity index (χ0n) is 22.7. The fourth-order valence-electron chi connectivity index (χ4n) is 4.26. The number of aliphatic carboxylic acids is 1. The SMILES string of the molecule is Cc1ccc(N(CCCC(=O)O)C(=O)CCCN(C(=O)c2ccc(Cl)cc2)c2ccc(C)c([N+](=O)[O-])c2)cc1C. The lowest BCUT2D eigenvalue weighted by atomic mass is 10.1. The van der Waals surface area contributed by atoms with Gasteiger partial charge in [0.25, 0.3) is 11.6 Å². The number of anilines is 2. The van der Waals surface area contributed by atoms with Gasteiger partial charge >= 0.3 is 5.97 Å². The number of carboxylic acids is 1. The Bertz CT molecular complexity index is 1410. The third-order valence-corrected chi connectivity index (χ3v) is 6.94. The minimum atomic E-state index is -0.934. The van der Waals surface area contributed by atoms with E-state index >= 15 is 0 Å². The van der Waals surface area contributed by atoms with Crippen LogP contribution in [0, 0.1) is 30.9 Å². The topological polar surface area (TPSA) is 121 Å². The molecule has 3 aromatic carbocycles. The number of carbonyl (C=O) groups is 3. The van der Waals surface area contributed by atoms with Gasteiger partial charge in [0.15, 0.2) is 0 Å². The molecule has 0 fully saturated rings. The second kappa shape index (κ2) is 13.7. The maximum absolute atomic E-state index is 13.5. The van der Waals surface area contributed by atoms with Crippen molar-refractivity contribution < 1.29 is 24.4 Å². The highest BCUT2D eigenvalue weighted by Crippen LogP contribution is 2.27. The molecule has 0 saturated heterocycles. The normalized spacial score (nSPS) is 10.7. The fourth-order valence-corrected chi connectivity index (χ4v) is 4.39. The van der Waals surface area contributed by atoms with Crippen molar-refractivity contribution in [2.75, 3.05) is 22.9 Å². The molecule has 0 atom stereocenters. The molecule has 1 N–H and O–H groups in total. The van der Waals surface area contributed by atoms with Gasteiger partial charge in [-0.25, -0.2) is 0 Å². The molecule has 0 spiro atoms. The van der Waals surface area contributed by atoms with Gasteiger partial charge in [-0.15, -0.1) is 0 Å². The van der Waals surface area contributed by atoms with Gasteiger partial charge in [-0.3, -0.25) is 24.5 Å². The average Bonchev–Trinajstić information content (AvgIpc) is 2.91. The molecule has 0 heterocycles. The van der Waals surface area contributed by atoms with Crippen LogP contribution >= 0.6 is 11.6 Å². The highest BCUT2D eigenvalue weighted by molar-refractivity contribution is 6.30. The van der Waals surface area contributed by atoms with Gasteiger partial charge < -0.3 is 14.9 Å². The van der Waals surface area contributed by atoms with Gasteiger partial charge in [0.05, 0.1) is 10.6 Å². The van der Waals surface area contributed by atoms with Crippen molar-refractivity contribution in [3.8, 4) is 0 Å². The number of halogens is 1. The van der Waals surface area contributed by atoms with E-state index in [1.165, 1.54) is 11.0 Å². The molecule has 3 rings (SSSR count). The molecule has 0 bridgehead atoms. The van der Waals surface area contributed by atoms with Crippen LogP contribution in [0.4, 0.5) is 17.1 Å². The number of aryl methyl sites for hydroxylation is 3. The number of nitro groups is 1. The molecule has 210 valence electrons. The molecule has 0 aliphatic rings. The smallest absolute Gasteiger partial charge is 0.303 e. The molecule has 0 aliphatic carbocycles. The molecular formula is C30H32ClN3O6. The highest BCUT2D eigenvalue weighted by atomic mass is 35.5. The number of nitro benzene ring substituents is 1. The average molecular weight is 566 g/mol. The van der Waals surface area contributed by atoms with Crippen LogP contribution in [0.2, 0.25) is 5.02 Å². The van der Waals surface area contributed by atoms with Crippen LogP contribution < -0.4 is 9.80 Å². The second-order valence-electron chi connectivity index (χ2n) is 9.61. The minimum absolute atomic E-state index is 0.0653. The van der Waals surface area contributed by atoms with E-state index in [2.05, 4.69) is 0 Å². The van der Waals surface area contributed by atoms with Crippen LogP contribution in [0.15, 0.2) is 60.7 Å². The quantitative estimate of drug-likeness (QED) is 0.198. The van der Waals surface area contributed by atoms with E-state index in [1.54, 1.807) is 48.2 Å². The van der Waals surface area contributed by atoms with Gasteiger partial charge in [0.2, 0.25) is 5.91 Å². The molecule has 0 radical (unpaired) electrons. The molecule has 0 aromatic heterocycles. The maximum Gasteiger partial charge on any atom is 0.303 e. The number of amides is 2. The first-order valence-corrected chi connectivity index (χ1v) is 13.3. The number of carboxylic acid groups (broad SMARTS) is 1. The summed E-state index contributed by atoms with van der Waals surface area (Å²) in [4.78, 5) is 52.0. The lowest BCUT2D eigenvalue weighted by Crippen LogP contribution is -2.35. The van der Waals surface area contributed by atoms with E-state index in [-0.39, 0.29) is 49.9 Å². The van der Waals surface area contributed by atoms with Crippen molar-refractivity contribution >= 4 is 46.4 Å². The zero-order chi connectivity index (χ0) is 29.4. The van der Waals surface area contributed by atoms with Crippen LogP contribution in [0.3, 0.4) is 0 Å². The first-order valence-electron chi connectivity index (χ1n) is 12.9. The molecule has 9 nitrogen and oxygen atoms in total. The lowest BCUT2D eigenvalue weighted by molar-refractivity contribution is -0.385. The van der Waals surface area contributed by atoms with E-state index in [0.29, 0.717) is 33.9 Å². The summed E-state index contributed by atoms with van der Waals surface area (Å²) < 4.78 is 0. The van der Waals surface area contributed by atoms with Crippen molar-refractivity contribution in [1.82, 2.24) is 0 Å². The van der Waals surface area contributed by atoms with Crippen LogP contribution in [0.5, 0.6) is 0 Å². The van der Waals surface area contributed by atoms with E-state index in [4.69, 9.17) is 16.7 Å². The van der Waals surface area contributed by atoms with Gasteiger partial charge in [-0.05, 0) is 87.2 Å². The number of hydrogen-bond donors (Lipinski definition) is 1. The van der Waals surface area contributed by atoms with Gasteiger partial charge in [0.1, 0.15) is 0 Å². The zero-order valence-corrected chi connectivity index (χ0v) is 23.5. The molecule has 10 heteroatoms. The Morgan fingerprint density at radius 3 is 1.98 bits per heavy atom. The fraction of sp³-hybridized carbons (Fsp3) is 0.300. The van der Waals surface area contributed by atoms with E-state index in [1.807, 2.05) is 32.0 Å². The first-order chi connectivity index (χ1) is 19.0. The summed E-state index contributed by atoms with van der Waals surface area (Å²) in [7, 11) is 0. The molecular weight excluding hydrogens is 534 g/mol. The molecule has 0 unspecified atom stereocenters. The molecule has 0 aliphatic heterocycles. The number of nitrogens with zero attached hydrogens (tertiary/aromatic N) is 3. The van der Waals surface area contributed by atoms with Crippen LogP contribution in [-0.2, 0) is 9.59 Å². The molecule has 40 heavy (non-hydrogen) atoms. The largest absolute Gasteiger partial charge is 0.481 e. The Hall–Kier alpha value is -4.24. The second-order valence-corrected chi connectivity index (χ2v) is 10.0. The molecule has 2 amide bonds. The van der Waals surface area contributed by atoms with Crippen molar-refractivity contribution in [3.05, 3.63) is 98.1 Å². The van der Waals surface area contributed by atoms with Crippen LogP contribution in [0.1, 0.15) is 52.7 Å². The van der Waals surface area contributed by atoms with Gasteiger partial charge in [-0.1, -0.05) is 23.7 Å². The van der Waals surface area contributed by atoms with Gasteiger partial charge in [-0.2, -0.15) is 0 Å². The van der Waals surface area contributed by atoms with Crippen molar-refractivity contribution in [2.24, 2.45) is 0 Å². The predicted octanol–water partition coefficient (Wildman–Crippen LogP) is 6.50. The molecule has 0 saturated carbocycles. The predicted molar refractivity (Wildman–Crippen MR) is 155 cm³/mol. The molecule has 3 aromatic rings. The number of rotatable bonds is 12. The third-order valence-electron chi connectivity index (χ3n) is 6.69. The van der Waals surface area contributed by atoms with Crippen molar-refractivity contribution in [1.29, 1.82) is 0 Å². The summed E-state index contributed by atoms with van der Waals surface area (Å²) in [5.41, 5.74) is 3.82. The van der Waals surface area contributed by atoms with Crippen molar-refractivity contribution in [2.45, 2.75) is 46.5 Å². The van der Waals surface area contributed by atoms with Crippen molar-refractivity contribution in [3.63, 3.8) is 0 Å². The Morgan fingerprint density at radius 2 is 1.38 bits per heavy atom. The van der Waals surface area contributed by atoms with Crippen LogP contribution in [-0.4, -0.2) is 40.9 Å². The lowest BCUT2D eigenvalue weighted by Gasteiger charge is -2.26. The van der Waals surface area contributed by atoms with E-state index in [9.17, 15) is 24.5 Å². The monoisotopic (exact) mass is 565 g/mol. The van der Waals surface area contributed by atoms with E-state index in [0.717, 1.165) is 11.1 Å². The third kappa shape index (κ3) is 7.89. The Balaban J connectivity index is 1.84. The summed E-state index contributed by atoms with van der Waals surface area (Å²) in [6, 6.07) is 16.6. The Morgan fingerprint density at radius 1 is 0.800 bits per heavy atom. The number of hydrogen-bond acceptors (Lipinski definition) is 5. The standard InChI is InChI=1S/C30H32ClN3O6/c1-20-8-14-25(18-22(20)3)32(16-5-7-29(36)37)28(35)6-4-17-33(30(38)23-10-12-24(31)13-11-23)26-15-9-21(2)27(19-26)34(39)40/h8-15,18-19H,4-7,16-17H2,1-3H3,(H,36,37). The van der Waals surface area contributed by atoms with Crippen LogP contribution in [0.25, 0.3) is 0 Å². The minimum Gasteiger partial charge on any atom is -0.481 e. The summed E-state index contributed by atoms with van der Waals surface area (Å²) in [6.07, 6.45) is 0.588. The maximum atomic E-state index is 13.5.